The van der Waals surface area contributed by atoms with Gasteiger partial charge in [0.05, 0.1) is 3.57 Å². The molecule has 0 bridgehead atoms. The van der Waals surface area contributed by atoms with Crippen molar-refractivity contribution in [2.45, 2.75) is 0 Å². The van der Waals surface area contributed by atoms with Gasteiger partial charge in [-0.1, -0.05) is 0 Å². The summed E-state index contributed by atoms with van der Waals surface area (Å²) in [6.45, 7) is 0. The molecule has 1 aromatic rings. The molecule has 6 heteroatoms. The third-order valence-corrected chi connectivity index (χ3v) is 2.44. The third-order valence-electron chi connectivity index (χ3n) is 1.49. The quantitative estimate of drug-likeness (QED) is 0.420. The first-order chi connectivity index (χ1) is 6.54. The molecule has 0 spiro atoms. The molecule has 0 atom stereocenters. The molecule has 0 aromatic heterocycles. The Hall–Kier alpha value is -1.28. The van der Waals surface area contributed by atoms with E-state index in [9.17, 15) is 13.2 Å². The van der Waals surface area contributed by atoms with Crippen LogP contribution in [0.5, 0.6) is 0 Å². The fourth-order valence-corrected chi connectivity index (χ4v) is 1.35. The molecule has 1 aromatic carbocycles. The van der Waals surface area contributed by atoms with Crippen molar-refractivity contribution in [3.63, 3.8) is 0 Å². The van der Waals surface area contributed by atoms with E-state index in [1.54, 1.807) is 0 Å². The molecule has 0 unspecified atom stereocenters. The molecule has 0 radical (unpaired) electrons. The van der Waals surface area contributed by atoms with Gasteiger partial charge in [-0.3, -0.25) is 0 Å². The van der Waals surface area contributed by atoms with Gasteiger partial charge in [-0.15, -0.1) is 0 Å². The SMILES string of the molecule is N#Cc1c(F)c(F)c(I)c(F)c1C#N. The van der Waals surface area contributed by atoms with E-state index >= 15 is 0 Å². The van der Waals surface area contributed by atoms with Crippen molar-refractivity contribution in [1.82, 2.24) is 0 Å². The molecule has 14 heavy (non-hydrogen) atoms. The average Bonchev–Trinajstić information content (AvgIpc) is 2.20. The molecular weight excluding hydrogens is 308 g/mol. The lowest BCUT2D eigenvalue weighted by molar-refractivity contribution is 0.483. The summed E-state index contributed by atoms with van der Waals surface area (Å²) < 4.78 is 38.3. The summed E-state index contributed by atoms with van der Waals surface area (Å²) in [5.74, 6) is -4.14. The molecule has 0 saturated carbocycles. The zero-order chi connectivity index (χ0) is 10.9. The predicted molar refractivity (Wildman–Crippen MR) is 48.5 cm³/mol. The van der Waals surface area contributed by atoms with Crippen LogP contribution in [0.3, 0.4) is 0 Å². The summed E-state index contributed by atoms with van der Waals surface area (Å²) >= 11 is 1.23. The monoisotopic (exact) mass is 308 g/mol. The summed E-state index contributed by atoms with van der Waals surface area (Å²) in [7, 11) is 0. The number of rotatable bonds is 0. The van der Waals surface area contributed by atoms with Gasteiger partial charge in [-0.05, 0) is 22.6 Å². The van der Waals surface area contributed by atoms with Crippen LogP contribution in [0.1, 0.15) is 11.1 Å². The molecule has 0 aliphatic heterocycles. The van der Waals surface area contributed by atoms with Crippen molar-refractivity contribution in [3.05, 3.63) is 32.1 Å². The fraction of sp³-hybridized carbons (Fsp3) is 0. The van der Waals surface area contributed by atoms with Crippen molar-refractivity contribution in [2.24, 2.45) is 0 Å². The van der Waals surface area contributed by atoms with E-state index in [1.165, 1.54) is 34.7 Å². The van der Waals surface area contributed by atoms with Crippen LogP contribution in [0.15, 0.2) is 0 Å². The van der Waals surface area contributed by atoms with Crippen molar-refractivity contribution < 1.29 is 13.2 Å². The zero-order valence-corrected chi connectivity index (χ0v) is 8.56. The van der Waals surface area contributed by atoms with Crippen LogP contribution in [0.4, 0.5) is 13.2 Å². The van der Waals surface area contributed by atoms with Crippen LogP contribution in [0.25, 0.3) is 0 Å². The van der Waals surface area contributed by atoms with Crippen molar-refractivity contribution in [1.29, 1.82) is 10.5 Å². The number of hydrogen-bond donors (Lipinski definition) is 0. The third kappa shape index (κ3) is 1.42. The summed E-state index contributed by atoms with van der Waals surface area (Å²) in [4.78, 5) is 0. The molecule has 0 heterocycles. The Bertz CT molecular complexity index is 440. The van der Waals surface area contributed by atoms with Crippen LogP contribution in [-0.2, 0) is 0 Å². The maximum absolute atomic E-state index is 13.1. The van der Waals surface area contributed by atoms with Gasteiger partial charge >= 0.3 is 0 Å². The normalized spacial score (nSPS) is 9.29. The molecule has 2 nitrogen and oxygen atoms in total. The van der Waals surface area contributed by atoms with Gasteiger partial charge in [-0.25, -0.2) is 13.2 Å². The average molecular weight is 308 g/mol. The smallest absolute Gasteiger partial charge is 0.179 e. The van der Waals surface area contributed by atoms with Crippen LogP contribution < -0.4 is 0 Å². The van der Waals surface area contributed by atoms with E-state index in [0.717, 1.165) is 0 Å². The topological polar surface area (TPSA) is 47.6 Å². The maximum atomic E-state index is 13.1. The summed E-state index contributed by atoms with van der Waals surface area (Å²) in [6, 6.07) is 2.56. The minimum Gasteiger partial charge on any atom is -0.204 e. The van der Waals surface area contributed by atoms with Crippen LogP contribution in [-0.4, -0.2) is 0 Å². The van der Waals surface area contributed by atoms with Gasteiger partial charge in [0.15, 0.2) is 17.5 Å². The second-order valence-corrected chi connectivity index (χ2v) is 3.31. The molecule has 0 saturated heterocycles. The number of nitriles is 2. The lowest BCUT2D eigenvalue weighted by Crippen LogP contribution is -2.03. The highest BCUT2D eigenvalue weighted by Crippen LogP contribution is 2.25. The number of benzene rings is 1. The molecule has 0 aliphatic carbocycles. The second kappa shape index (κ2) is 3.84. The molecule has 0 aliphatic rings. The number of nitrogens with zero attached hydrogens (tertiary/aromatic N) is 2. The van der Waals surface area contributed by atoms with Crippen molar-refractivity contribution in [2.75, 3.05) is 0 Å². The largest absolute Gasteiger partial charge is 0.204 e. The lowest BCUT2D eigenvalue weighted by atomic mass is 10.1. The fourth-order valence-electron chi connectivity index (χ4n) is 0.842. The molecule has 70 valence electrons. The Morgan fingerprint density at radius 1 is 0.857 bits per heavy atom. The first-order valence-corrected chi connectivity index (χ1v) is 4.28. The zero-order valence-electron chi connectivity index (χ0n) is 6.41. The van der Waals surface area contributed by atoms with E-state index in [2.05, 4.69) is 0 Å². The van der Waals surface area contributed by atoms with Gasteiger partial charge in [0.1, 0.15) is 23.3 Å². The van der Waals surface area contributed by atoms with E-state index in [0.29, 0.717) is 0 Å². The van der Waals surface area contributed by atoms with Crippen LogP contribution in [0, 0.1) is 43.7 Å². The molecule has 0 amide bonds. The van der Waals surface area contributed by atoms with Crippen molar-refractivity contribution in [3.8, 4) is 12.1 Å². The highest BCUT2D eigenvalue weighted by atomic mass is 127. The van der Waals surface area contributed by atoms with Gasteiger partial charge < -0.3 is 0 Å². The lowest BCUT2D eigenvalue weighted by Gasteiger charge is -2.02. The van der Waals surface area contributed by atoms with Gasteiger partial charge in [0.2, 0.25) is 0 Å². The van der Waals surface area contributed by atoms with Crippen LogP contribution >= 0.6 is 22.6 Å². The molecule has 0 fully saturated rings. The molecule has 0 N–H and O–H groups in total. The van der Waals surface area contributed by atoms with Gasteiger partial charge in [0.25, 0.3) is 0 Å². The minimum absolute atomic E-state index is 0.629. The number of halogens is 4. The van der Waals surface area contributed by atoms with Gasteiger partial charge in [-0.2, -0.15) is 10.5 Å². The van der Waals surface area contributed by atoms with Crippen molar-refractivity contribution >= 4 is 22.6 Å². The Kier molecular flexibility index (Phi) is 2.96. The standard InChI is InChI=1S/C8F3IN2/c9-5-3(1-13)4(2-14)6(10)8(12)7(5)11. The molecular formula is C8F3IN2. The highest BCUT2D eigenvalue weighted by Gasteiger charge is 2.23. The van der Waals surface area contributed by atoms with E-state index in [-0.39, 0.29) is 0 Å². The summed E-state index contributed by atoms with van der Waals surface area (Å²) in [5, 5.41) is 16.8. The first-order valence-electron chi connectivity index (χ1n) is 3.20. The summed E-state index contributed by atoms with van der Waals surface area (Å²) in [6.07, 6.45) is 0. The highest BCUT2D eigenvalue weighted by molar-refractivity contribution is 14.1. The Morgan fingerprint density at radius 3 is 1.71 bits per heavy atom. The second-order valence-electron chi connectivity index (χ2n) is 2.23. The van der Waals surface area contributed by atoms with E-state index < -0.39 is 32.1 Å². The Morgan fingerprint density at radius 2 is 1.29 bits per heavy atom. The minimum atomic E-state index is -1.49. The maximum Gasteiger partial charge on any atom is 0.179 e. The summed E-state index contributed by atoms with van der Waals surface area (Å²) in [5.41, 5.74) is -1.67. The first kappa shape index (κ1) is 10.8. The van der Waals surface area contributed by atoms with E-state index in [1.807, 2.05) is 0 Å². The Balaban J connectivity index is 3.79. The van der Waals surface area contributed by atoms with Gasteiger partial charge in [0, 0.05) is 0 Å². The number of hydrogen-bond acceptors (Lipinski definition) is 2. The molecule has 1 rings (SSSR count). The Labute approximate surface area is 90.7 Å². The predicted octanol–water partition coefficient (Wildman–Crippen LogP) is 2.45. The van der Waals surface area contributed by atoms with Crippen LogP contribution in [0.2, 0.25) is 0 Å². The van der Waals surface area contributed by atoms with E-state index in [4.69, 9.17) is 10.5 Å².